The van der Waals surface area contributed by atoms with Gasteiger partial charge >= 0.3 is 0 Å². The van der Waals surface area contributed by atoms with Crippen molar-refractivity contribution in [2.45, 2.75) is 89.0 Å². The smallest absolute Gasteiger partial charge is 0.275 e. The zero-order chi connectivity index (χ0) is 48.3. The number of ether oxygens (including phenoxy) is 1. The first-order valence-corrected chi connectivity index (χ1v) is 24.5. The molecule has 17 nitrogen and oxygen atoms in total. The summed E-state index contributed by atoms with van der Waals surface area (Å²) < 4.78 is 7.61. The van der Waals surface area contributed by atoms with Gasteiger partial charge in [-0.25, -0.2) is 14.8 Å². The first-order valence-electron chi connectivity index (χ1n) is 24.5. The SMILES string of the molecule is Cc1nn(C2CCC(=O)NC2=O)c(=O)c2ccc(C3CNCCN3C3CCN(C(C)C4CC(COc5ccnc(-c6ccc(Cc7cc(-c8cccc(C#N)c8)n[nH]c7=O)cc6)n5)CCN4)CC3)cc12. The van der Waals surface area contributed by atoms with Gasteiger partial charge in [0.05, 0.1) is 35.0 Å². The molecule has 4 saturated heterocycles. The van der Waals surface area contributed by atoms with Crippen molar-refractivity contribution in [3.63, 3.8) is 0 Å². The third kappa shape index (κ3) is 10.0. The van der Waals surface area contributed by atoms with E-state index in [2.05, 4.69) is 71.2 Å². The van der Waals surface area contributed by atoms with E-state index in [-0.39, 0.29) is 35.9 Å². The van der Waals surface area contributed by atoms with Crippen molar-refractivity contribution in [2.75, 3.05) is 45.9 Å². The van der Waals surface area contributed by atoms with Crippen molar-refractivity contribution in [1.82, 2.24) is 55.7 Å². The van der Waals surface area contributed by atoms with Crippen molar-refractivity contribution in [1.29, 1.82) is 5.26 Å². The maximum Gasteiger partial charge on any atom is 0.275 e. The van der Waals surface area contributed by atoms with E-state index in [1.165, 1.54) is 4.68 Å². The number of H-pyrrole nitrogens is 1. The van der Waals surface area contributed by atoms with Gasteiger partial charge in [-0.2, -0.15) is 20.4 Å². The number of fused-ring (bicyclic) bond motifs is 1. The second kappa shape index (κ2) is 20.6. The molecule has 4 fully saturated rings. The highest BCUT2D eigenvalue weighted by molar-refractivity contribution is 5.99. The van der Waals surface area contributed by atoms with E-state index >= 15 is 0 Å². The standard InChI is InChI=1S/C53H58N12O5/c1-32-43-27-39(10-11-42(43)53(69)65(62-32)46-12-13-48(66)58-52(46)68)47-30-55-20-23-64(47)41-16-21-63(22-17-41)33(2)44-26-36(14-18-56-44)31-70-49-15-19-57-50(59-49)37-8-6-34(7-9-37)24-40-28-45(60-61-51(40)67)38-5-3-4-35(25-38)29-54/h3-11,15,19,25,27-28,33,36,41,44,46-47,55-56H,12-14,16-18,20-24,26,30-31H2,1-2H3,(H,61,67)(H,58,66,68). The molecule has 2 amide bonds. The number of benzene rings is 3. The zero-order valence-corrected chi connectivity index (χ0v) is 39.6. The summed E-state index contributed by atoms with van der Waals surface area (Å²) in [5, 5.41) is 31.8. The molecule has 3 aromatic heterocycles. The number of piperazine rings is 1. The van der Waals surface area contributed by atoms with Gasteiger partial charge in [0.2, 0.25) is 11.8 Å². The number of aryl methyl sites for hydroxylation is 1. The number of aromatic amines is 1. The molecular weight excluding hydrogens is 885 g/mol. The molecule has 0 spiro atoms. The fraction of sp³-hybridized carbons (Fsp3) is 0.415. The molecule has 17 heteroatoms. The molecule has 4 N–H and O–H groups in total. The summed E-state index contributed by atoms with van der Waals surface area (Å²) in [6.45, 7) is 10.5. The number of hydrogen-bond acceptors (Lipinski definition) is 14. The monoisotopic (exact) mass is 942 g/mol. The fourth-order valence-corrected chi connectivity index (χ4v) is 10.9. The van der Waals surface area contributed by atoms with Gasteiger partial charge in [0, 0.05) is 91.0 Å². The zero-order valence-electron chi connectivity index (χ0n) is 39.6. The predicted octanol–water partition coefficient (Wildman–Crippen LogP) is 4.60. The lowest BCUT2D eigenvalue weighted by atomic mass is 9.88. The lowest BCUT2D eigenvalue weighted by molar-refractivity contribution is -0.136. The van der Waals surface area contributed by atoms with Crippen LogP contribution in [0.2, 0.25) is 0 Å². The maximum atomic E-state index is 13.6. The molecule has 70 heavy (non-hydrogen) atoms. The Morgan fingerprint density at radius 2 is 1.73 bits per heavy atom. The van der Waals surface area contributed by atoms with Gasteiger partial charge in [0.25, 0.3) is 17.0 Å². The van der Waals surface area contributed by atoms with Crippen LogP contribution in [0.15, 0.2) is 94.6 Å². The number of piperidine rings is 3. The number of nitriles is 1. The Hall–Kier alpha value is -6.97. The number of carbonyl (C=O) groups is 2. The van der Waals surface area contributed by atoms with Crippen LogP contribution in [-0.2, 0) is 16.0 Å². The summed E-state index contributed by atoms with van der Waals surface area (Å²) in [5.74, 6) is 0.698. The van der Waals surface area contributed by atoms with E-state index in [4.69, 9.17) is 9.72 Å². The highest BCUT2D eigenvalue weighted by Crippen LogP contribution is 2.33. The number of nitrogens with zero attached hydrogens (tertiary/aromatic N) is 8. The molecule has 4 aliphatic heterocycles. The Kier molecular flexibility index (Phi) is 13.7. The Balaban J connectivity index is 0.722. The summed E-state index contributed by atoms with van der Waals surface area (Å²) in [6, 6.07) is 27.3. The fourth-order valence-electron chi connectivity index (χ4n) is 10.9. The van der Waals surface area contributed by atoms with Gasteiger partial charge in [0.15, 0.2) is 5.82 Å². The van der Waals surface area contributed by atoms with Crippen LogP contribution >= 0.6 is 0 Å². The van der Waals surface area contributed by atoms with Gasteiger partial charge in [-0.1, -0.05) is 42.5 Å². The molecule has 0 saturated carbocycles. The number of aromatic nitrogens is 6. The minimum atomic E-state index is -0.798. The number of imide groups is 1. The minimum Gasteiger partial charge on any atom is -0.477 e. The quantitative estimate of drug-likeness (QED) is 0.124. The molecule has 10 rings (SSSR count). The van der Waals surface area contributed by atoms with Crippen LogP contribution in [0.3, 0.4) is 0 Å². The van der Waals surface area contributed by atoms with Crippen molar-refractivity contribution in [2.24, 2.45) is 5.92 Å². The van der Waals surface area contributed by atoms with E-state index in [1.807, 2.05) is 49.4 Å². The molecule has 6 aromatic rings. The molecule has 3 aromatic carbocycles. The van der Waals surface area contributed by atoms with Crippen molar-refractivity contribution >= 4 is 22.6 Å². The van der Waals surface area contributed by atoms with E-state index < -0.39 is 11.9 Å². The average molecular weight is 943 g/mol. The van der Waals surface area contributed by atoms with Gasteiger partial charge in [0.1, 0.15) is 6.04 Å². The van der Waals surface area contributed by atoms with Gasteiger partial charge < -0.3 is 15.4 Å². The minimum absolute atomic E-state index is 0.157. The molecule has 5 unspecified atom stereocenters. The van der Waals surface area contributed by atoms with E-state index in [1.54, 1.807) is 30.5 Å². The Bertz CT molecular complexity index is 3070. The number of amides is 2. The summed E-state index contributed by atoms with van der Waals surface area (Å²) in [4.78, 5) is 65.4. The Morgan fingerprint density at radius 3 is 2.54 bits per heavy atom. The third-order valence-corrected chi connectivity index (χ3v) is 14.8. The molecule has 7 heterocycles. The first kappa shape index (κ1) is 46.7. The second-order valence-electron chi connectivity index (χ2n) is 19.2. The largest absolute Gasteiger partial charge is 0.477 e. The topological polar surface area (TPSA) is 216 Å². The van der Waals surface area contributed by atoms with Crippen LogP contribution in [0.5, 0.6) is 5.88 Å². The van der Waals surface area contributed by atoms with Crippen molar-refractivity contribution in [3.8, 4) is 34.6 Å². The Morgan fingerprint density at radius 1 is 0.886 bits per heavy atom. The molecule has 0 aliphatic carbocycles. The molecule has 0 bridgehead atoms. The Labute approximate surface area is 405 Å². The highest BCUT2D eigenvalue weighted by Gasteiger charge is 2.36. The van der Waals surface area contributed by atoms with Gasteiger partial charge in [-0.05, 0) is 113 Å². The van der Waals surface area contributed by atoms with E-state index in [0.29, 0.717) is 76.7 Å². The molecule has 4 aliphatic rings. The summed E-state index contributed by atoms with van der Waals surface area (Å²) >= 11 is 0. The van der Waals surface area contributed by atoms with Crippen molar-refractivity contribution < 1.29 is 14.3 Å². The maximum absolute atomic E-state index is 13.6. The molecule has 360 valence electrons. The van der Waals surface area contributed by atoms with Crippen LogP contribution < -0.4 is 31.8 Å². The lowest BCUT2D eigenvalue weighted by Crippen LogP contribution is -2.57. The van der Waals surface area contributed by atoms with Crippen LogP contribution in [-0.4, -0.2) is 116 Å². The van der Waals surface area contributed by atoms with Crippen LogP contribution in [0.4, 0.5) is 0 Å². The number of nitrogens with one attached hydrogen (secondary N) is 4. The first-order chi connectivity index (χ1) is 34.1. The van der Waals surface area contributed by atoms with E-state index in [9.17, 15) is 24.4 Å². The summed E-state index contributed by atoms with van der Waals surface area (Å²) in [7, 11) is 0. The van der Waals surface area contributed by atoms with Gasteiger partial charge in [-0.3, -0.25) is 34.3 Å². The van der Waals surface area contributed by atoms with E-state index in [0.717, 1.165) is 92.6 Å². The molecular formula is C53H58N12O5. The number of rotatable bonds is 12. The second-order valence-corrected chi connectivity index (χ2v) is 19.2. The number of hydrogen-bond donors (Lipinski definition) is 4. The summed E-state index contributed by atoms with van der Waals surface area (Å²) in [6.07, 6.45) is 6.79. The highest BCUT2D eigenvalue weighted by atomic mass is 16.5. The number of likely N-dealkylation sites (tertiary alicyclic amines) is 1. The lowest BCUT2D eigenvalue weighted by Gasteiger charge is -2.47. The summed E-state index contributed by atoms with van der Waals surface area (Å²) in [5.41, 5.74) is 5.53. The normalized spacial score (nSPS) is 22.1. The van der Waals surface area contributed by atoms with Crippen molar-refractivity contribution in [3.05, 3.63) is 134 Å². The van der Waals surface area contributed by atoms with Crippen LogP contribution in [0.25, 0.3) is 33.4 Å². The van der Waals surface area contributed by atoms with Gasteiger partial charge in [-0.15, -0.1) is 0 Å². The number of carbonyl (C=O) groups excluding carboxylic acids is 2. The molecule has 0 radical (unpaired) electrons. The van der Waals surface area contributed by atoms with Crippen LogP contribution in [0, 0.1) is 24.2 Å². The predicted molar refractivity (Wildman–Crippen MR) is 264 cm³/mol. The molecule has 5 atom stereocenters. The third-order valence-electron chi connectivity index (χ3n) is 14.8. The van der Waals surface area contributed by atoms with Crippen LogP contribution in [0.1, 0.15) is 85.5 Å². The average Bonchev–Trinajstić information content (AvgIpc) is 3.40.